The molecular formula is C25H28N2O4. The van der Waals surface area contributed by atoms with Gasteiger partial charge in [-0.3, -0.25) is 4.79 Å². The zero-order chi connectivity index (χ0) is 21.5. The van der Waals surface area contributed by atoms with Gasteiger partial charge >= 0.3 is 6.09 Å². The number of carbonyl (C=O) groups excluding carboxylic acids is 2. The summed E-state index contributed by atoms with van der Waals surface area (Å²) in [6.07, 6.45) is 6.31. The number of nitrogens with one attached hydrogen (secondary N) is 1. The fourth-order valence-electron chi connectivity index (χ4n) is 4.08. The molecule has 1 aliphatic carbocycles. The number of aryl methyl sites for hydroxylation is 1. The molecule has 6 heteroatoms. The van der Waals surface area contributed by atoms with Gasteiger partial charge in [0.2, 0.25) is 5.78 Å². The Balaban J connectivity index is 1.43. The first-order valence-corrected chi connectivity index (χ1v) is 11.1. The summed E-state index contributed by atoms with van der Waals surface area (Å²) >= 11 is 0. The van der Waals surface area contributed by atoms with E-state index in [4.69, 9.17) is 9.15 Å². The normalized spacial score (nSPS) is 15.5. The van der Waals surface area contributed by atoms with Crippen molar-refractivity contribution in [3.63, 3.8) is 0 Å². The predicted octanol–water partition coefficient (Wildman–Crippen LogP) is 5.32. The number of hydrogen-bond acceptors (Lipinski definition) is 5. The van der Waals surface area contributed by atoms with Gasteiger partial charge in [-0.2, -0.15) is 0 Å². The van der Waals surface area contributed by atoms with Crippen LogP contribution in [0.4, 0.5) is 4.79 Å². The molecule has 0 aliphatic heterocycles. The Morgan fingerprint density at radius 3 is 2.55 bits per heavy atom. The van der Waals surface area contributed by atoms with Crippen molar-refractivity contribution in [2.75, 3.05) is 6.61 Å². The van der Waals surface area contributed by atoms with Gasteiger partial charge in [-0.05, 0) is 49.3 Å². The first-order valence-electron chi connectivity index (χ1n) is 11.1. The smallest absolute Gasteiger partial charge is 0.407 e. The number of Topliss-reactive ketones (excluding diaryl/α,β-unsaturated/α-hetero) is 1. The van der Waals surface area contributed by atoms with Crippen LogP contribution in [0, 0.1) is 5.92 Å². The van der Waals surface area contributed by atoms with Crippen LogP contribution in [0.3, 0.4) is 0 Å². The third-order valence-corrected chi connectivity index (χ3v) is 5.85. The van der Waals surface area contributed by atoms with Gasteiger partial charge in [-0.15, -0.1) is 0 Å². The number of oxazole rings is 1. The Morgan fingerprint density at radius 1 is 1.03 bits per heavy atom. The van der Waals surface area contributed by atoms with Gasteiger partial charge in [0.1, 0.15) is 11.6 Å². The second kappa shape index (κ2) is 10.2. The van der Waals surface area contributed by atoms with Crippen molar-refractivity contribution < 1.29 is 18.7 Å². The maximum absolute atomic E-state index is 13.2. The maximum atomic E-state index is 13.2. The molecule has 1 aromatic heterocycles. The molecular weight excluding hydrogens is 392 g/mol. The van der Waals surface area contributed by atoms with E-state index in [1.807, 2.05) is 42.5 Å². The number of alkyl carbamates (subject to hydrolysis) is 1. The second-order valence-electron chi connectivity index (χ2n) is 8.17. The quantitative estimate of drug-likeness (QED) is 0.499. The Morgan fingerprint density at radius 2 is 1.77 bits per heavy atom. The minimum atomic E-state index is -0.771. The number of para-hydroxylation sites is 2. The summed E-state index contributed by atoms with van der Waals surface area (Å²) in [5.74, 6) is 0.0728. The summed E-state index contributed by atoms with van der Waals surface area (Å²) < 4.78 is 11.1. The van der Waals surface area contributed by atoms with Crippen LogP contribution in [0.25, 0.3) is 11.1 Å². The molecule has 0 saturated heterocycles. The fourth-order valence-corrected chi connectivity index (χ4v) is 4.08. The van der Waals surface area contributed by atoms with Crippen LogP contribution in [-0.2, 0) is 11.2 Å². The maximum Gasteiger partial charge on any atom is 0.407 e. The van der Waals surface area contributed by atoms with Crippen LogP contribution in [0.1, 0.15) is 54.8 Å². The van der Waals surface area contributed by atoms with E-state index in [0.29, 0.717) is 36.5 Å². The number of ketones is 1. The lowest BCUT2D eigenvalue weighted by Crippen LogP contribution is -2.42. The summed E-state index contributed by atoms with van der Waals surface area (Å²) in [6.45, 7) is 0.397. The summed E-state index contributed by atoms with van der Waals surface area (Å²) in [5, 5.41) is 2.76. The number of ether oxygens (including phenoxy) is 1. The highest BCUT2D eigenvalue weighted by molar-refractivity contribution is 5.99. The van der Waals surface area contributed by atoms with Crippen molar-refractivity contribution in [2.45, 2.75) is 51.0 Å². The Labute approximate surface area is 182 Å². The number of rotatable bonds is 8. The molecule has 31 heavy (non-hydrogen) atoms. The molecule has 0 unspecified atom stereocenters. The third-order valence-electron chi connectivity index (χ3n) is 5.85. The van der Waals surface area contributed by atoms with E-state index in [9.17, 15) is 9.59 Å². The van der Waals surface area contributed by atoms with Gasteiger partial charge in [-0.1, -0.05) is 61.7 Å². The highest BCUT2D eigenvalue weighted by Crippen LogP contribution is 2.24. The van der Waals surface area contributed by atoms with Gasteiger partial charge < -0.3 is 14.5 Å². The molecule has 6 nitrogen and oxygen atoms in total. The van der Waals surface area contributed by atoms with Crippen LogP contribution in [-0.4, -0.2) is 29.5 Å². The number of amides is 1. The van der Waals surface area contributed by atoms with Crippen LogP contribution in [0.15, 0.2) is 59.0 Å². The molecule has 0 spiro atoms. The van der Waals surface area contributed by atoms with E-state index >= 15 is 0 Å². The molecule has 3 aromatic rings. The van der Waals surface area contributed by atoms with Gasteiger partial charge in [0.05, 0.1) is 6.61 Å². The second-order valence-corrected chi connectivity index (χ2v) is 8.17. The first kappa shape index (κ1) is 21.1. The number of benzene rings is 2. The van der Waals surface area contributed by atoms with Gasteiger partial charge in [-0.25, -0.2) is 9.78 Å². The van der Waals surface area contributed by atoms with E-state index < -0.39 is 12.1 Å². The number of fused-ring (bicyclic) bond motifs is 1. The van der Waals surface area contributed by atoms with Gasteiger partial charge in [0, 0.05) is 0 Å². The molecule has 1 heterocycles. The first-order chi connectivity index (χ1) is 15.2. The Kier molecular flexibility index (Phi) is 6.97. The van der Waals surface area contributed by atoms with E-state index in [2.05, 4.69) is 10.3 Å². The molecule has 1 aliphatic rings. The molecule has 1 saturated carbocycles. The number of hydrogen-bond donors (Lipinski definition) is 1. The number of aromatic nitrogens is 1. The Bertz CT molecular complexity index is 976. The largest absolute Gasteiger partial charge is 0.449 e. The van der Waals surface area contributed by atoms with Crippen LogP contribution in [0.2, 0.25) is 0 Å². The predicted molar refractivity (Wildman–Crippen MR) is 118 cm³/mol. The minimum absolute atomic E-state index is 0.00634. The molecule has 2 aromatic carbocycles. The average Bonchev–Trinajstić information content (AvgIpc) is 3.26. The standard InChI is InChI=1S/C25H28N2O4/c28-23(24-26-20-13-7-8-14-22(20)31-24)21(16-15-18-9-3-1-4-10-18)27-25(29)30-17-19-11-5-2-6-12-19/h1,3-4,7-10,13-14,19,21H,2,5-6,11-12,15-17H2,(H,27,29)/t21-/m0/s1. The van der Waals surface area contributed by atoms with Crippen molar-refractivity contribution >= 4 is 23.0 Å². The SMILES string of the molecule is O=C(N[C@@H](CCc1ccccc1)C(=O)c1nc2ccccc2o1)OCC1CCCCC1. The summed E-state index contributed by atoms with van der Waals surface area (Å²) in [5.41, 5.74) is 2.26. The lowest BCUT2D eigenvalue weighted by molar-refractivity contribution is 0.0861. The van der Waals surface area contributed by atoms with Gasteiger partial charge in [0.25, 0.3) is 5.89 Å². The Hall–Kier alpha value is -3.15. The molecule has 1 fully saturated rings. The van der Waals surface area contributed by atoms with Crippen LogP contribution >= 0.6 is 0 Å². The van der Waals surface area contributed by atoms with E-state index in [1.165, 1.54) is 19.3 Å². The van der Waals surface area contributed by atoms with Crippen molar-refractivity contribution in [1.29, 1.82) is 0 Å². The molecule has 1 atom stereocenters. The zero-order valence-corrected chi connectivity index (χ0v) is 17.6. The van der Waals surface area contributed by atoms with Gasteiger partial charge in [0.15, 0.2) is 5.58 Å². The molecule has 4 rings (SSSR count). The minimum Gasteiger partial charge on any atom is -0.449 e. The summed E-state index contributed by atoms with van der Waals surface area (Å²) in [7, 11) is 0. The van der Waals surface area contributed by atoms with E-state index in [-0.39, 0.29) is 11.7 Å². The topological polar surface area (TPSA) is 81.4 Å². The molecule has 1 N–H and O–H groups in total. The monoisotopic (exact) mass is 420 g/mol. The molecule has 1 amide bonds. The highest BCUT2D eigenvalue weighted by Gasteiger charge is 2.27. The van der Waals surface area contributed by atoms with E-state index in [0.717, 1.165) is 18.4 Å². The fraction of sp³-hybridized carbons (Fsp3) is 0.400. The molecule has 0 radical (unpaired) electrons. The van der Waals surface area contributed by atoms with E-state index in [1.54, 1.807) is 12.1 Å². The van der Waals surface area contributed by atoms with Crippen LogP contribution in [0.5, 0.6) is 0 Å². The summed E-state index contributed by atoms with van der Waals surface area (Å²) in [4.78, 5) is 29.9. The molecule has 0 bridgehead atoms. The lowest BCUT2D eigenvalue weighted by Gasteiger charge is -2.22. The molecule has 162 valence electrons. The lowest BCUT2D eigenvalue weighted by atomic mass is 9.90. The van der Waals surface area contributed by atoms with Crippen molar-refractivity contribution in [3.05, 3.63) is 66.1 Å². The van der Waals surface area contributed by atoms with Crippen molar-refractivity contribution in [1.82, 2.24) is 10.3 Å². The third kappa shape index (κ3) is 5.72. The number of nitrogens with zero attached hydrogens (tertiary/aromatic N) is 1. The van der Waals surface area contributed by atoms with Crippen molar-refractivity contribution in [3.8, 4) is 0 Å². The number of carbonyl (C=O) groups is 2. The average molecular weight is 421 g/mol. The van der Waals surface area contributed by atoms with Crippen LogP contribution < -0.4 is 5.32 Å². The zero-order valence-electron chi connectivity index (χ0n) is 17.6. The highest BCUT2D eigenvalue weighted by atomic mass is 16.5. The van der Waals surface area contributed by atoms with Crippen molar-refractivity contribution in [2.24, 2.45) is 5.92 Å². The summed E-state index contributed by atoms with van der Waals surface area (Å²) in [6, 6.07) is 16.3.